The highest BCUT2D eigenvalue weighted by molar-refractivity contribution is 14.0. The first-order valence-corrected chi connectivity index (χ1v) is 9.29. The molecule has 0 amide bonds. The van der Waals surface area contributed by atoms with Gasteiger partial charge in [-0.15, -0.1) is 24.0 Å². The van der Waals surface area contributed by atoms with Crippen molar-refractivity contribution in [1.82, 2.24) is 20.5 Å². The number of hydrogen-bond donors (Lipinski definition) is 2. The van der Waals surface area contributed by atoms with Crippen LogP contribution in [0.25, 0.3) is 0 Å². The summed E-state index contributed by atoms with van der Waals surface area (Å²) < 4.78 is 0. The zero-order chi connectivity index (χ0) is 17.5. The van der Waals surface area contributed by atoms with Crippen LogP contribution in [0.3, 0.4) is 0 Å². The molecule has 0 aliphatic rings. The van der Waals surface area contributed by atoms with Crippen LogP contribution in [0.4, 0.5) is 0 Å². The standard InChI is InChI=1S/C19H35N5.HI/c1-4-20-19(23-16-13-18-12-8-10-14-21-18)22-15-9-6-5-7-11-17-24(2)3;/h8,10,12,14H,4-7,9,11,13,15-17H2,1-3H3,(H2,20,22,23);1H. The molecule has 1 aromatic heterocycles. The van der Waals surface area contributed by atoms with Gasteiger partial charge in [-0.25, -0.2) is 0 Å². The maximum absolute atomic E-state index is 4.66. The van der Waals surface area contributed by atoms with Gasteiger partial charge in [-0.05, 0) is 52.5 Å². The predicted molar refractivity (Wildman–Crippen MR) is 119 cm³/mol. The van der Waals surface area contributed by atoms with Gasteiger partial charge in [0, 0.05) is 37.9 Å². The van der Waals surface area contributed by atoms with E-state index in [1.54, 1.807) is 0 Å². The van der Waals surface area contributed by atoms with Gasteiger partial charge in [-0.2, -0.15) is 0 Å². The van der Waals surface area contributed by atoms with Crippen molar-refractivity contribution in [3.8, 4) is 0 Å². The molecule has 0 saturated heterocycles. The largest absolute Gasteiger partial charge is 0.357 e. The first kappa shape index (κ1) is 24.1. The topological polar surface area (TPSA) is 52.6 Å². The van der Waals surface area contributed by atoms with E-state index >= 15 is 0 Å². The lowest BCUT2D eigenvalue weighted by Gasteiger charge is -2.11. The van der Waals surface area contributed by atoms with Crippen molar-refractivity contribution in [3.63, 3.8) is 0 Å². The molecule has 0 saturated carbocycles. The second kappa shape index (κ2) is 16.6. The normalized spacial score (nSPS) is 11.3. The Morgan fingerprint density at radius 1 is 1.08 bits per heavy atom. The maximum Gasteiger partial charge on any atom is 0.191 e. The van der Waals surface area contributed by atoms with E-state index in [2.05, 4.69) is 52.6 Å². The minimum absolute atomic E-state index is 0. The number of rotatable bonds is 12. The van der Waals surface area contributed by atoms with Gasteiger partial charge in [0.2, 0.25) is 0 Å². The highest BCUT2D eigenvalue weighted by Crippen LogP contribution is 2.03. The van der Waals surface area contributed by atoms with Crippen molar-refractivity contribution in [1.29, 1.82) is 0 Å². The lowest BCUT2D eigenvalue weighted by molar-refractivity contribution is 0.390. The van der Waals surface area contributed by atoms with Crippen LogP contribution < -0.4 is 10.6 Å². The van der Waals surface area contributed by atoms with Crippen molar-refractivity contribution in [2.45, 2.75) is 45.4 Å². The molecular formula is C19H36IN5. The third kappa shape index (κ3) is 14.0. The molecule has 1 heterocycles. The molecule has 0 atom stereocenters. The van der Waals surface area contributed by atoms with E-state index in [0.717, 1.165) is 37.7 Å². The average molecular weight is 461 g/mol. The van der Waals surface area contributed by atoms with Gasteiger partial charge in [-0.3, -0.25) is 9.98 Å². The van der Waals surface area contributed by atoms with Crippen LogP contribution in [-0.4, -0.2) is 56.1 Å². The van der Waals surface area contributed by atoms with Crippen molar-refractivity contribution < 1.29 is 0 Å². The van der Waals surface area contributed by atoms with Crippen molar-refractivity contribution in [2.75, 3.05) is 40.3 Å². The lowest BCUT2D eigenvalue weighted by atomic mass is 10.1. The Labute approximate surface area is 171 Å². The number of hydrogen-bond acceptors (Lipinski definition) is 3. The average Bonchev–Trinajstić information content (AvgIpc) is 2.58. The Bertz CT molecular complexity index is 437. The molecule has 0 spiro atoms. The molecular weight excluding hydrogens is 425 g/mol. The number of aliphatic imine (C=N–C) groups is 1. The summed E-state index contributed by atoms with van der Waals surface area (Å²) in [6.07, 6.45) is 9.12. The summed E-state index contributed by atoms with van der Waals surface area (Å²) >= 11 is 0. The fourth-order valence-corrected chi connectivity index (χ4v) is 2.46. The maximum atomic E-state index is 4.66. The number of nitrogens with zero attached hydrogens (tertiary/aromatic N) is 3. The minimum Gasteiger partial charge on any atom is -0.357 e. The first-order chi connectivity index (χ1) is 11.7. The van der Waals surface area contributed by atoms with Crippen molar-refractivity contribution in [2.24, 2.45) is 4.99 Å². The zero-order valence-corrected chi connectivity index (χ0v) is 18.5. The molecule has 0 aliphatic heterocycles. The number of aromatic nitrogens is 1. The van der Waals surface area contributed by atoms with E-state index < -0.39 is 0 Å². The summed E-state index contributed by atoms with van der Waals surface area (Å²) in [7, 11) is 4.27. The summed E-state index contributed by atoms with van der Waals surface area (Å²) in [6, 6.07) is 6.03. The van der Waals surface area contributed by atoms with Gasteiger partial charge >= 0.3 is 0 Å². The lowest BCUT2D eigenvalue weighted by Crippen LogP contribution is -2.38. The van der Waals surface area contributed by atoms with Crippen LogP contribution in [0.15, 0.2) is 29.4 Å². The Morgan fingerprint density at radius 2 is 1.84 bits per heavy atom. The molecule has 1 aromatic rings. The molecule has 6 heteroatoms. The highest BCUT2D eigenvalue weighted by atomic mass is 127. The van der Waals surface area contributed by atoms with Gasteiger partial charge in [-0.1, -0.05) is 25.3 Å². The zero-order valence-electron chi connectivity index (χ0n) is 16.1. The molecule has 144 valence electrons. The quantitative estimate of drug-likeness (QED) is 0.217. The molecule has 0 radical (unpaired) electrons. The number of nitrogens with one attached hydrogen (secondary N) is 2. The van der Waals surface area contributed by atoms with E-state index in [1.807, 2.05) is 18.3 Å². The molecule has 2 N–H and O–H groups in total. The fraction of sp³-hybridized carbons (Fsp3) is 0.684. The summed E-state index contributed by atoms with van der Waals surface area (Å²) in [5.41, 5.74) is 1.11. The number of unbranched alkanes of at least 4 members (excludes halogenated alkanes) is 4. The molecule has 0 bridgehead atoms. The molecule has 0 fully saturated rings. The summed E-state index contributed by atoms with van der Waals surface area (Å²) in [4.78, 5) is 11.3. The minimum atomic E-state index is 0. The molecule has 0 aliphatic carbocycles. The SMILES string of the molecule is CCNC(=NCCCCCCCN(C)C)NCCc1ccccn1.I. The van der Waals surface area contributed by atoms with Crippen LogP contribution in [0.1, 0.15) is 44.7 Å². The molecule has 0 unspecified atom stereocenters. The molecule has 5 nitrogen and oxygen atoms in total. The Hall–Kier alpha value is -0.890. The summed E-state index contributed by atoms with van der Waals surface area (Å²) in [6.45, 7) is 5.93. The Morgan fingerprint density at radius 3 is 2.52 bits per heavy atom. The first-order valence-electron chi connectivity index (χ1n) is 9.29. The van der Waals surface area contributed by atoms with E-state index in [1.165, 1.54) is 38.6 Å². The molecule has 25 heavy (non-hydrogen) atoms. The summed E-state index contributed by atoms with van der Waals surface area (Å²) in [5.74, 6) is 0.918. The van der Waals surface area contributed by atoms with E-state index in [-0.39, 0.29) is 24.0 Å². The Balaban J connectivity index is 0.00000576. The van der Waals surface area contributed by atoms with E-state index in [4.69, 9.17) is 0 Å². The number of halogens is 1. The van der Waals surface area contributed by atoms with Crippen LogP contribution in [-0.2, 0) is 6.42 Å². The van der Waals surface area contributed by atoms with Gasteiger partial charge in [0.25, 0.3) is 0 Å². The van der Waals surface area contributed by atoms with Crippen LogP contribution >= 0.6 is 24.0 Å². The van der Waals surface area contributed by atoms with E-state index in [0.29, 0.717) is 0 Å². The smallest absolute Gasteiger partial charge is 0.191 e. The fourth-order valence-electron chi connectivity index (χ4n) is 2.46. The molecule has 0 aromatic carbocycles. The van der Waals surface area contributed by atoms with Crippen molar-refractivity contribution >= 4 is 29.9 Å². The predicted octanol–water partition coefficient (Wildman–Crippen LogP) is 3.31. The second-order valence-corrected chi connectivity index (χ2v) is 6.33. The highest BCUT2D eigenvalue weighted by Gasteiger charge is 1.98. The third-order valence-electron chi connectivity index (χ3n) is 3.78. The van der Waals surface area contributed by atoms with E-state index in [9.17, 15) is 0 Å². The third-order valence-corrected chi connectivity index (χ3v) is 3.78. The monoisotopic (exact) mass is 461 g/mol. The van der Waals surface area contributed by atoms with Gasteiger partial charge in [0.1, 0.15) is 0 Å². The van der Waals surface area contributed by atoms with Gasteiger partial charge < -0.3 is 15.5 Å². The molecule has 1 rings (SSSR count). The van der Waals surface area contributed by atoms with Crippen molar-refractivity contribution in [3.05, 3.63) is 30.1 Å². The Kier molecular flexibility index (Phi) is 16.0. The van der Waals surface area contributed by atoms with Crippen LogP contribution in [0.2, 0.25) is 0 Å². The van der Waals surface area contributed by atoms with Gasteiger partial charge in [0.15, 0.2) is 5.96 Å². The van der Waals surface area contributed by atoms with Gasteiger partial charge in [0.05, 0.1) is 0 Å². The number of guanidine groups is 1. The summed E-state index contributed by atoms with van der Waals surface area (Å²) in [5, 5.41) is 6.69. The number of pyridine rings is 1. The van der Waals surface area contributed by atoms with Crippen LogP contribution in [0, 0.1) is 0 Å². The second-order valence-electron chi connectivity index (χ2n) is 6.33. The van der Waals surface area contributed by atoms with Crippen LogP contribution in [0.5, 0.6) is 0 Å².